The summed E-state index contributed by atoms with van der Waals surface area (Å²) in [5, 5.41) is 12.6. The molecule has 46 heavy (non-hydrogen) atoms. The van der Waals surface area contributed by atoms with Gasteiger partial charge in [-0.05, 0) is 35.9 Å². The molecule has 3 amide bonds. The number of thiazole rings is 1. The van der Waals surface area contributed by atoms with Crippen molar-refractivity contribution in [3.63, 3.8) is 0 Å². The number of nitro benzene ring substituents is 1. The highest BCUT2D eigenvalue weighted by Gasteiger charge is 2.57. The highest BCUT2D eigenvalue weighted by Crippen LogP contribution is 2.55. The molecule has 0 bridgehead atoms. The fraction of sp³-hybridized carbons (Fsp3) is 0.172. The summed E-state index contributed by atoms with van der Waals surface area (Å²) in [6.07, 6.45) is -4.75. The lowest BCUT2D eigenvalue weighted by atomic mass is 9.83. The maximum Gasteiger partial charge on any atom is 0.418 e. The number of para-hydroxylation sites is 1. The number of carbonyl (C=O) groups excluding carboxylic acids is 3. The summed E-state index contributed by atoms with van der Waals surface area (Å²) < 4.78 is 41.6. The molecule has 2 aliphatic heterocycles. The number of aromatic nitrogens is 1. The van der Waals surface area contributed by atoms with Gasteiger partial charge in [0.2, 0.25) is 17.7 Å². The van der Waals surface area contributed by atoms with Crippen LogP contribution in [0.15, 0.2) is 76.6 Å². The molecule has 1 saturated heterocycles. The van der Waals surface area contributed by atoms with Gasteiger partial charge in [-0.25, -0.2) is 4.90 Å². The fourth-order valence-electron chi connectivity index (χ4n) is 5.50. The molecule has 236 valence electrons. The van der Waals surface area contributed by atoms with Crippen molar-refractivity contribution in [2.24, 2.45) is 5.92 Å². The molecule has 17 heteroatoms. The molecule has 6 rings (SSSR count). The van der Waals surface area contributed by atoms with Gasteiger partial charge in [-0.3, -0.25) is 33.9 Å². The predicted molar refractivity (Wildman–Crippen MR) is 166 cm³/mol. The number of nitrogens with zero attached hydrogens (tertiary/aromatic N) is 3. The van der Waals surface area contributed by atoms with E-state index in [0.717, 1.165) is 45.5 Å². The molecule has 0 aliphatic carbocycles. The number of hydrogen-bond donors (Lipinski definition) is 1. The van der Waals surface area contributed by atoms with Crippen molar-refractivity contribution in [3.05, 3.63) is 113 Å². The summed E-state index contributed by atoms with van der Waals surface area (Å²) in [5.74, 6) is -4.30. The van der Waals surface area contributed by atoms with Crippen LogP contribution >= 0.6 is 46.3 Å². The molecule has 3 atom stereocenters. The number of hydrogen-bond acceptors (Lipinski definition) is 8. The third-order valence-corrected chi connectivity index (χ3v) is 10.9. The second-order valence-electron chi connectivity index (χ2n) is 10.2. The summed E-state index contributed by atoms with van der Waals surface area (Å²) in [7, 11) is 0. The first-order valence-electron chi connectivity index (χ1n) is 13.2. The van der Waals surface area contributed by atoms with E-state index in [2.05, 4.69) is 5.32 Å². The first-order valence-corrected chi connectivity index (χ1v) is 15.7. The van der Waals surface area contributed by atoms with Crippen LogP contribution in [0.4, 0.5) is 30.2 Å². The van der Waals surface area contributed by atoms with E-state index >= 15 is 0 Å². The van der Waals surface area contributed by atoms with E-state index in [-0.39, 0.29) is 26.4 Å². The summed E-state index contributed by atoms with van der Waals surface area (Å²) in [4.78, 5) is 65.3. The SMILES string of the molecule is O=C(Cn1c2c(sc1=O)[C@H](c1cccc(Cl)c1Cl)C1C(=O)N(c3ccc([N+](=O)[O-])cc3)C(=O)C1S2)Nc1ccccc1C(F)(F)F. The molecule has 10 nitrogen and oxygen atoms in total. The minimum Gasteiger partial charge on any atom is -0.324 e. The van der Waals surface area contributed by atoms with Crippen molar-refractivity contribution in [2.45, 2.75) is 28.9 Å². The number of alkyl halides is 3. The molecule has 2 unspecified atom stereocenters. The number of anilines is 2. The van der Waals surface area contributed by atoms with E-state index in [0.29, 0.717) is 21.8 Å². The Morgan fingerprint density at radius 1 is 0.978 bits per heavy atom. The molecule has 0 spiro atoms. The number of amides is 3. The Morgan fingerprint density at radius 3 is 2.35 bits per heavy atom. The average molecular weight is 710 g/mol. The van der Waals surface area contributed by atoms with E-state index in [9.17, 15) is 42.5 Å². The topological polar surface area (TPSA) is 132 Å². The number of rotatable bonds is 6. The van der Waals surface area contributed by atoms with Gasteiger partial charge in [-0.1, -0.05) is 70.6 Å². The standard InChI is InChI=1S/C29H17Cl2F3N4O6S2/c30-17-6-3-4-15(22(17)31)20-21-23(26(41)37(25(21)40)13-8-10-14(11-9-13)38(43)44)45-27-24(20)46-28(42)36(27)12-19(39)35-18-7-2-1-5-16(18)29(32,33)34/h1-11,20-21,23H,12H2,(H,35,39)/t20-,21?,23?/m1/s1. The van der Waals surface area contributed by atoms with Gasteiger partial charge in [0.05, 0.1) is 42.9 Å². The van der Waals surface area contributed by atoms with Crippen LogP contribution in [0.5, 0.6) is 0 Å². The Bertz CT molecular complexity index is 2000. The monoisotopic (exact) mass is 708 g/mol. The Morgan fingerprint density at radius 2 is 1.67 bits per heavy atom. The molecule has 0 radical (unpaired) electrons. The van der Waals surface area contributed by atoms with Crippen LogP contribution in [0.25, 0.3) is 0 Å². The molecule has 2 aliphatic rings. The van der Waals surface area contributed by atoms with Crippen molar-refractivity contribution < 1.29 is 32.5 Å². The zero-order valence-electron chi connectivity index (χ0n) is 22.8. The maximum atomic E-state index is 14.0. The predicted octanol–water partition coefficient (Wildman–Crippen LogP) is 6.58. The molecule has 1 N–H and O–H groups in total. The van der Waals surface area contributed by atoms with Crippen molar-refractivity contribution in [2.75, 3.05) is 10.2 Å². The van der Waals surface area contributed by atoms with Crippen LogP contribution in [0, 0.1) is 16.0 Å². The lowest BCUT2D eigenvalue weighted by molar-refractivity contribution is -0.384. The van der Waals surface area contributed by atoms with Gasteiger partial charge in [0, 0.05) is 22.9 Å². The number of thioether (sulfide) groups is 1. The molecular formula is C29H17Cl2F3N4O6S2. The van der Waals surface area contributed by atoms with E-state index in [1.807, 2.05) is 0 Å². The second kappa shape index (κ2) is 11.9. The van der Waals surface area contributed by atoms with Crippen LogP contribution in [0.1, 0.15) is 21.9 Å². The Kier molecular flexibility index (Phi) is 8.21. The minimum atomic E-state index is -4.75. The Hall–Kier alpha value is -4.18. The number of imide groups is 1. The van der Waals surface area contributed by atoms with E-state index < -0.39 is 68.6 Å². The van der Waals surface area contributed by atoms with Gasteiger partial charge in [-0.2, -0.15) is 13.2 Å². The number of nitro groups is 1. The van der Waals surface area contributed by atoms with Gasteiger partial charge >= 0.3 is 11.0 Å². The van der Waals surface area contributed by atoms with Crippen LogP contribution in [-0.4, -0.2) is 32.5 Å². The third-order valence-electron chi connectivity index (χ3n) is 7.49. The summed E-state index contributed by atoms with van der Waals surface area (Å²) in [6.45, 7) is -0.689. The number of halogens is 5. The summed E-state index contributed by atoms with van der Waals surface area (Å²) in [6, 6.07) is 13.9. The summed E-state index contributed by atoms with van der Waals surface area (Å²) in [5.41, 5.74) is -1.38. The van der Waals surface area contributed by atoms with E-state index in [1.165, 1.54) is 30.3 Å². The minimum absolute atomic E-state index is 0.0775. The first-order chi connectivity index (χ1) is 21.8. The highest BCUT2D eigenvalue weighted by atomic mass is 35.5. The molecule has 4 aromatic rings. The first kappa shape index (κ1) is 31.8. The number of fused-ring (bicyclic) bond motifs is 2. The number of nitrogens with one attached hydrogen (secondary N) is 1. The third kappa shape index (κ3) is 5.46. The van der Waals surface area contributed by atoms with Crippen LogP contribution in [0.3, 0.4) is 0 Å². The van der Waals surface area contributed by atoms with Crippen LogP contribution in [-0.2, 0) is 27.1 Å². The molecular weight excluding hydrogens is 692 g/mol. The van der Waals surface area contributed by atoms with Crippen molar-refractivity contribution in [3.8, 4) is 0 Å². The number of non-ortho nitro benzene ring substituents is 1. The molecule has 1 aromatic heterocycles. The zero-order valence-corrected chi connectivity index (χ0v) is 25.9. The highest BCUT2D eigenvalue weighted by molar-refractivity contribution is 8.00. The Labute approximate surface area is 274 Å². The lowest BCUT2D eigenvalue weighted by Gasteiger charge is -2.31. The van der Waals surface area contributed by atoms with Crippen LogP contribution in [0.2, 0.25) is 10.0 Å². The lowest BCUT2D eigenvalue weighted by Crippen LogP contribution is -2.33. The van der Waals surface area contributed by atoms with Gasteiger partial charge < -0.3 is 5.32 Å². The number of carbonyl (C=O) groups is 3. The molecule has 3 heterocycles. The second-order valence-corrected chi connectivity index (χ2v) is 13.1. The average Bonchev–Trinajstić information content (AvgIpc) is 3.44. The molecule has 1 fully saturated rings. The Balaban J connectivity index is 1.41. The van der Waals surface area contributed by atoms with Crippen molar-refractivity contribution in [1.29, 1.82) is 0 Å². The molecule has 0 saturated carbocycles. The number of benzene rings is 3. The fourth-order valence-corrected chi connectivity index (χ4v) is 8.69. The smallest absolute Gasteiger partial charge is 0.324 e. The van der Waals surface area contributed by atoms with Crippen molar-refractivity contribution in [1.82, 2.24) is 4.57 Å². The normalized spacial score (nSPS) is 19.2. The van der Waals surface area contributed by atoms with Gasteiger partial charge in [-0.15, -0.1) is 0 Å². The molecule has 3 aromatic carbocycles. The quantitative estimate of drug-likeness (QED) is 0.136. The van der Waals surface area contributed by atoms with Gasteiger partial charge in [0.15, 0.2) is 0 Å². The largest absolute Gasteiger partial charge is 0.418 e. The van der Waals surface area contributed by atoms with E-state index in [4.69, 9.17) is 23.2 Å². The maximum absolute atomic E-state index is 14.0. The van der Waals surface area contributed by atoms with Gasteiger partial charge in [0.25, 0.3) is 5.69 Å². The van der Waals surface area contributed by atoms with Crippen molar-refractivity contribution >= 4 is 81.1 Å². The van der Waals surface area contributed by atoms with Gasteiger partial charge in [0.1, 0.15) is 11.8 Å². The summed E-state index contributed by atoms with van der Waals surface area (Å²) >= 11 is 14.5. The van der Waals surface area contributed by atoms with Crippen LogP contribution < -0.4 is 15.1 Å². The van der Waals surface area contributed by atoms with E-state index in [1.54, 1.807) is 12.1 Å². The zero-order chi connectivity index (χ0) is 33.1.